The standard InChI is InChI=1S/C14H18N2O2/c1-3-11-13(18)5-4-12-14(11)10(8-16-12)6-7-15-9(2)17/h4-5,8,16,18H,3,6-7H2,1-2H3,(H,15,17). The summed E-state index contributed by atoms with van der Waals surface area (Å²) in [6.45, 7) is 4.15. The Labute approximate surface area is 106 Å². The predicted molar refractivity (Wildman–Crippen MR) is 71.7 cm³/mol. The van der Waals surface area contributed by atoms with Crippen LogP contribution in [0.25, 0.3) is 10.9 Å². The van der Waals surface area contributed by atoms with Crippen molar-refractivity contribution < 1.29 is 9.90 Å². The van der Waals surface area contributed by atoms with E-state index in [1.54, 1.807) is 6.07 Å². The smallest absolute Gasteiger partial charge is 0.216 e. The fraction of sp³-hybridized carbons (Fsp3) is 0.357. The minimum Gasteiger partial charge on any atom is -0.508 e. The lowest BCUT2D eigenvalue weighted by Gasteiger charge is -2.07. The van der Waals surface area contributed by atoms with E-state index in [4.69, 9.17) is 0 Å². The van der Waals surface area contributed by atoms with Crippen molar-refractivity contribution in [2.24, 2.45) is 0 Å². The Morgan fingerprint density at radius 2 is 2.22 bits per heavy atom. The Morgan fingerprint density at radius 1 is 1.44 bits per heavy atom. The Hall–Kier alpha value is -1.97. The van der Waals surface area contributed by atoms with Crippen LogP contribution in [0, 0.1) is 0 Å². The molecule has 4 nitrogen and oxygen atoms in total. The molecule has 0 saturated heterocycles. The summed E-state index contributed by atoms with van der Waals surface area (Å²) in [5.74, 6) is 0.318. The van der Waals surface area contributed by atoms with Gasteiger partial charge in [0.1, 0.15) is 5.75 Å². The summed E-state index contributed by atoms with van der Waals surface area (Å²) in [6, 6.07) is 3.60. The lowest BCUT2D eigenvalue weighted by molar-refractivity contribution is -0.118. The molecule has 1 aromatic carbocycles. The van der Waals surface area contributed by atoms with E-state index in [0.717, 1.165) is 34.9 Å². The number of aromatic hydroxyl groups is 1. The number of aromatic nitrogens is 1. The van der Waals surface area contributed by atoms with Gasteiger partial charge in [-0.15, -0.1) is 0 Å². The van der Waals surface area contributed by atoms with Gasteiger partial charge in [-0.2, -0.15) is 0 Å². The topological polar surface area (TPSA) is 65.1 Å². The molecule has 18 heavy (non-hydrogen) atoms. The molecular weight excluding hydrogens is 228 g/mol. The van der Waals surface area contributed by atoms with E-state index in [9.17, 15) is 9.90 Å². The van der Waals surface area contributed by atoms with Crippen LogP contribution in [0.3, 0.4) is 0 Å². The van der Waals surface area contributed by atoms with Crippen LogP contribution in [0.4, 0.5) is 0 Å². The molecule has 2 rings (SSSR count). The van der Waals surface area contributed by atoms with Crippen molar-refractivity contribution in [2.45, 2.75) is 26.7 Å². The second-order valence-electron chi connectivity index (χ2n) is 4.39. The van der Waals surface area contributed by atoms with Crippen molar-refractivity contribution in [3.8, 4) is 5.75 Å². The molecule has 1 heterocycles. The molecule has 0 atom stereocenters. The fourth-order valence-electron chi connectivity index (χ4n) is 2.29. The molecule has 0 spiro atoms. The van der Waals surface area contributed by atoms with E-state index < -0.39 is 0 Å². The van der Waals surface area contributed by atoms with Gasteiger partial charge < -0.3 is 15.4 Å². The number of aryl methyl sites for hydroxylation is 1. The van der Waals surface area contributed by atoms with Crippen molar-refractivity contribution >= 4 is 16.8 Å². The Bertz CT molecular complexity index is 572. The van der Waals surface area contributed by atoms with E-state index in [2.05, 4.69) is 10.3 Å². The zero-order chi connectivity index (χ0) is 13.1. The zero-order valence-electron chi connectivity index (χ0n) is 10.7. The molecule has 0 aliphatic heterocycles. The number of H-pyrrole nitrogens is 1. The first-order valence-electron chi connectivity index (χ1n) is 6.18. The first-order chi connectivity index (χ1) is 8.63. The van der Waals surface area contributed by atoms with Gasteiger partial charge in [-0.25, -0.2) is 0 Å². The molecule has 0 aliphatic rings. The molecule has 2 aromatic rings. The van der Waals surface area contributed by atoms with Crippen LogP contribution in [0.2, 0.25) is 0 Å². The highest BCUT2D eigenvalue weighted by Gasteiger charge is 2.11. The maximum absolute atomic E-state index is 10.9. The zero-order valence-corrected chi connectivity index (χ0v) is 10.7. The fourth-order valence-corrected chi connectivity index (χ4v) is 2.29. The summed E-state index contributed by atoms with van der Waals surface area (Å²) in [6.07, 6.45) is 3.50. The molecule has 0 radical (unpaired) electrons. The monoisotopic (exact) mass is 246 g/mol. The number of rotatable bonds is 4. The van der Waals surface area contributed by atoms with Crippen LogP contribution in [-0.4, -0.2) is 22.5 Å². The molecule has 1 aromatic heterocycles. The molecule has 96 valence electrons. The van der Waals surface area contributed by atoms with E-state index in [1.807, 2.05) is 19.2 Å². The average Bonchev–Trinajstić information content (AvgIpc) is 2.72. The number of phenolic OH excluding ortho intramolecular Hbond substituents is 1. The van der Waals surface area contributed by atoms with Gasteiger partial charge >= 0.3 is 0 Å². The highest BCUT2D eigenvalue weighted by molar-refractivity contribution is 5.88. The van der Waals surface area contributed by atoms with Gasteiger partial charge in [0.15, 0.2) is 0 Å². The van der Waals surface area contributed by atoms with Crippen molar-refractivity contribution in [2.75, 3.05) is 6.54 Å². The molecule has 3 N–H and O–H groups in total. The number of nitrogens with one attached hydrogen (secondary N) is 2. The van der Waals surface area contributed by atoms with E-state index in [0.29, 0.717) is 12.3 Å². The van der Waals surface area contributed by atoms with Crippen LogP contribution >= 0.6 is 0 Å². The van der Waals surface area contributed by atoms with Gasteiger partial charge in [-0.1, -0.05) is 6.92 Å². The second kappa shape index (κ2) is 5.12. The molecule has 1 amide bonds. The lowest BCUT2D eigenvalue weighted by Crippen LogP contribution is -2.22. The Balaban J connectivity index is 2.33. The Kier molecular flexibility index (Phi) is 3.55. The maximum Gasteiger partial charge on any atom is 0.216 e. The number of carbonyl (C=O) groups is 1. The van der Waals surface area contributed by atoms with Crippen molar-refractivity contribution in [3.63, 3.8) is 0 Å². The third-order valence-electron chi connectivity index (χ3n) is 3.13. The summed E-state index contributed by atoms with van der Waals surface area (Å²) < 4.78 is 0. The number of amides is 1. The summed E-state index contributed by atoms with van der Waals surface area (Å²) in [7, 11) is 0. The van der Waals surface area contributed by atoms with Gasteiger partial charge in [0.05, 0.1) is 0 Å². The number of hydrogen-bond donors (Lipinski definition) is 3. The molecule has 0 unspecified atom stereocenters. The third-order valence-corrected chi connectivity index (χ3v) is 3.13. The van der Waals surface area contributed by atoms with E-state index >= 15 is 0 Å². The number of hydrogen-bond acceptors (Lipinski definition) is 2. The molecule has 4 heteroatoms. The number of aromatic amines is 1. The summed E-state index contributed by atoms with van der Waals surface area (Å²) >= 11 is 0. The lowest BCUT2D eigenvalue weighted by atomic mass is 10.0. The van der Waals surface area contributed by atoms with Crippen molar-refractivity contribution in [1.29, 1.82) is 0 Å². The minimum absolute atomic E-state index is 0.0200. The molecular formula is C14H18N2O2. The van der Waals surface area contributed by atoms with Crippen molar-refractivity contribution in [1.82, 2.24) is 10.3 Å². The van der Waals surface area contributed by atoms with Gasteiger partial charge in [-0.05, 0) is 30.5 Å². The number of fused-ring (bicyclic) bond motifs is 1. The molecule has 0 bridgehead atoms. The molecule has 0 aliphatic carbocycles. The highest BCUT2D eigenvalue weighted by Crippen LogP contribution is 2.30. The van der Waals surface area contributed by atoms with Crippen molar-refractivity contribution in [3.05, 3.63) is 29.5 Å². The Morgan fingerprint density at radius 3 is 2.89 bits per heavy atom. The van der Waals surface area contributed by atoms with Crippen LogP contribution in [0.1, 0.15) is 25.0 Å². The SMILES string of the molecule is CCc1c(O)ccc2[nH]cc(CCNC(C)=O)c12. The summed E-state index contributed by atoms with van der Waals surface area (Å²) in [4.78, 5) is 14.1. The first kappa shape index (κ1) is 12.5. The first-order valence-corrected chi connectivity index (χ1v) is 6.18. The minimum atomic E-state index is -0.0200. The highest BCUT2D eigenvalue weighted by atomic mass is 16.3. The number of benzene rings is 1. The third kappa shape index (κ3) is 2.32. The van der Waals surface area contributed by atoms with Crippen LogP contribution in [-0.2, 0) is 17.6 Å². The second-order valence-corrected chi connectivity index (χ2v) is 4.39. The normalized spacial score (nSPS) is 10.8. The van der Waals surface area contributed by atoms with Gasteiger partial charge in [-0.3, -0.25) is 4.79 Å². The van der Waals surface area contributed by atoms with E-state index in [1.165, 1.54) is 6.92 Å². The maximum atomic E-state index is 10.9. The average molecular weight is 246 g/mol. The number of carbonyl (C=O) groups excluding carboxylic acids is 1. The largest absolute Gasteiger partial charge is 0.508 e. The number of phenols is 1. The quantitative estimate of drug-likeness (QED) is 0.773. The molecule has 0 fully saturated rings. The molecule has 0 saturated carbocycles. The van der Waals surface area contributed by atoms with Gasteiger partial charge in [0.2, 0.25) is 5.91 Å². The van der Waals surface area contributed by atoms with E-state index in [-0.39, 0.29) is 5.91 Å². The predicted octanol–water partition coefficient (Wildman–Crippen LogP) is 2.11. The van der Waals surface area contributed by atoms with Crippen LogP contribution < -0.4 is 5.32 Å². The van der Waals surface area contributed by atoms with Gasteiger partial charge in [0, 0.05) is 36.1 Å². The summed E-state index contributed by atoms with van der Waals surface area (Å²) in [5, 5.41) is 13.8. The van der Waals surface area contributed by atoms with Crippen LogP contribution in [0.15, 0.2) is 18.3 Å². The van der Waals surface area contributed by atoms with Crippen LogP contribution in [0.5, 0.6) is 5.75 Å². The van der Waals surface area contributed by atoms with Gasteiger partial charge in [0.25, 0.3) is 0 Å². The summed E-state index contributed by atoms with van der Waals surface area (Å²) in [5.41, 5.74) is 3.13.